The Morgan fingerprint density at radius 1 is 1.12 bits per heavy atom. The predicted octanol–water partition coefficient (Wildman–Crippen LogP) is 1.51. The van der Waals surface area contributed by atoms with Crippen LogP contribution in [0.1, 0.15) is 0 Å². The molecule has 8 heteroatoms. The number of hydrogen-bond donors (Lipinski definition) is 1. The number of nitrogens with zero attached hydrogens (tertiary/aromatic N) is 4. The SMILES string of the molecule is O[C@@H](COc1ccc2c(c1)OCO2)Cn1nnc(-c2ccccc2)n1. The van der Waals surface area contributed by atoms with Gasteiger partial charge in [0.15, 0.2) is 11.5 Å². The molecular weight excluding hydrogens is 324 g/mol. The van der Waals surface area contributed by atoms with Crippen molar-refractivity contribution < 1.29 is 19.3 Å². The number of aliphatic hydroxyl groups excluding tert-OH is 1. The Labute approximate surface area is 143 Å². The van der Waals surface area contributed by atoms with Gasteiger partial charge in [0.2, 0.25) is 12.6 Å². The molecule has 8 nitrogen and oxygen atoms in total. The van der Waals surface area contributed by atoms with Crippen LogP contribution in [0.15, 0.2) is 48.5 Å². The van der Waals surface area contributed by atoms with Crippen LogP contribution in [0.25, 0.3) is 11.4 Å². The van der Waals surface area contributed by atoms with Crippen molar-refractivity contribution in [3.8, 4) is 28.6 Å². The first-order chi connectivity index (χ1) is 12.3. The van der Waals surface area contributed by atoms with Gasteiger partial charge in [0, 0.05) is 11.6 Å². The number of tetrazole rings is 1. The second kappa shape index (κ2) is 6.78. The molecule has 1 aliphatic heterocycles. The van der Waals surface area contributed by atoms with Crippen LogP contribution in [0.5, 0.6) is 17.2 Å². The Bertz CT molecular complexity index is 853. The molecule has 0 fully saturated rings. The van der Waals surface area contributed by atoms with E-state index < -0.39 is 6.10 Å². The monoisotopic (exact) mass is 340 g/mol. The van der Waals surface area contributed by atoms with Crippen molar-refractivity contribution in [3.63, 3.8) is 0 Å². The summed E-state index contributed by atoms with van der Waals surface area (Å²) in [5, 5.41) is 22.3. The number of ether oxygens (including phenoxy) is 3. The average Bonchev–Trinajstić information content (AvgIpc) is 3.29. The fraction of sp³-hybridized carbons (Fsp3) is 0.235. The second-order valence-corrected chi connectivity index (χ2v) is 5.51. The molecule has 0 aliphatic carbocycles. The average molecular weight is 340 g/mol. The van der Waals surface area contributed by atoms with Crippen LogP contribution in [-0.2, 0) is 6.54 Å². The van der Waals surface area contributed by atoms with Gasteiger partial charge < -0.3 is 19.3 Å². The molecule has 0 radical (unpaired) electrons. The van der Waals surface area contributed by atoms with Crippen LogP contribution in [0.3, 0.4) is 0 Å². The van der Waals surface area contributed by atoms with Crippen molar-refractivity contribution >= 4 is 0 Å². The van der Waals surface area contributed by atoms with Gasteiger partial charge in [0.25, 0.3) is 0 Å². The topological polar surface area (TPSA) is 91.5 Å². The molecule has 2 heterocycles. The fourth-order valence-electron chi connectivity index (χ4n) is 2.42. The van der Waals surface area contributed by atoms with E-state index in [2.05, 4.69) is 15.4 Å². The summed E-state index contributed by atoms with van der Waals surface area (Å²) in [6.07, 6.45) is -0.775. The third-order valence-corrected chi connectivity index (χ3v) is 3.65. The lowest BCUT2D eigenvalue weighted by atomic mass is 10.2. The van der Waals surface area contributed by atoms with E-state index in [0.29, 0.717) is 23.1 Å². The lowest BCUT2D eigenvalue weighted by Crippen LogP contribution is -2.24. The standard InChI is InChI=1S/C17H16N4O4/c22-13(10-23-14-6-7-15-16(8-14)25-11-24-15)9-21-19-17(18-20-21)12-4-2-1-3-5-12/h1-8,13,22H,9-11H2/t13-/m1/s1. The zero-order valence-electron chi connectivity index (χ0n) is 13.3. The van der Waals surface area contributed by atoms with Gasteiger partial charge >= 0.3 is 0 Å². The van der Waals surface area contributed by atoms with Crippen molar-refractivity contribution in [1.29, 1.82) is 0 Å². The smallest absolute Gasteiger partial charge is 0.231 e. The Morgan fingerprint density at radius 3 is 2.84 bits per heavy atom. The van der Waals surface area contributed by atoms with Crippen molar-refractivity contribution in [1.82, 2.24) is 20.2 Å². The Hall–Kier alpha value is -3.13. The highest BCUT2D eigenvalue weighted by molar-refractivity contribution is 5.53. The minimum absolute atomic E-state index is 0.0991. The summed E-state index contributed by atoms with van der Waals surface area (Å²) >= 11 is 0. The molecule has 1 atom stereocenters. The first-order valence-corrected chi connectivity index (χ1v) is 7.82. The fourth-order valence-corrected chi connectivity index (χ4v) is 2.42. The Balaban J connectivity index is 1.33. The molecule has 0 saturated heterocycles. The molecule has 1 aliphatic rings. The molecule has 1 aromatic heterocycles. The number of fused-ring (bicyclic) bond motifs is 1. The number of aromatic nitrogens is 4. The highest BCUT2D eigenvalue weighted by Gasteiger charge is 2.15. The highest BCUT2D eigenvalue weighted by Crippen LogP contribution is 2.35. The third kappa shape index (κ3) is 3.53. The van der Waals surface area contributed by atoms with Gasteiger partial charge in [-0.05, 0) is 17.3 Å². The van der Waals surface area contributed by atoms with Crippen LogP contribution >= 0.6 is 0 Å². The summed E-state index contributed by atoms with van der Waals surface area (Å²) in [4.78, 5) is 1.36. The summed E-state index contributed by atoms with van der Waals surface area (Å²) in [6, 6.07) is 14.8. The van der Waals surface area contributed by atoms with Crippen molar-refractivity contribution in [2.75, 3.05) is 13.4 Å². The molecule has 0 amide bonds. The molecule has 3 aromatic rings. The number of hydrogen-bond acceptors (Lipinski definition) is 7. The zero-order valence-corrected chi connectivity index (χ0v) is 13.3. The molecule has 0 saturated carbocycles. The summed E-state index contributed by atoms with van der Waals surface area (Å²) in [5.74, 6) is 2.44. The van der Waals surface area contributed by atoms with Crippen molar-refractivity contribution in [2.24, 2.45) is 0 Å². The normalized spacial score (nSPS) is 13.6. The summed E-state index contributed by atoms with van der Waals surface area (Å²) in [7, 11) is 0. The van der Waals surface area contributed by atoms with Gasteiger partial charge in [-0.2, -0.15) is 4.80 Å². The van der Waals surface area contributed by atoms with E-state index in [0.717, 1.165) is 5.56 Å². The van der Waals surface area contributed by atoms with Gasteiger partial charge in [-0.1, -0.05) is 30.3 Å². The molecule has 0 spiro atoms. The van der Waals surface area contributed by atoms with Crippen molar-refractivity contribution in [2.45, 2.75) is 12.6 Å². The number of aliphatic hydroxyl groups is 1. The van der Waals surface area contributed by atoms with Crippen LogP contribution in [-0.4, -0.2) is 44.8 Å². The first kappa shape index (κ1) is 15.4. The molecular formula is C17H16N4O4. The highest BCUT2D eigenvalue weighted by atomic mass is 16.7. The van der Waals surface area contributed by atoms with E-state index in [1.807, 2.05) is 30.3 Å². The Kier molecular flexibility index (Phi) is 4.17. The summed E-state index contributed by atoms with van der Waals surface area (Å²) in [5.41, 5.74) is 0.875. The van der Waals surface area contributed by atoms with Gasteiger partial charge in [-0.3, -0.25) is 0 Å². The molecule has 1 N–H and O–H groups in total. The van der Waals surface area contributed by atoms with E-state index >= 15 is 0 Å². The third-order valence-electron chi connectivity index (χ3n) is 3.65. The van der Waals surface area contributed by atoms with Crippen molar-refractivity contribution in [3.05, 3.63) is 48.5 Å². The molecule has 2 aromatic carbocycles. The number of rotatable bonds is 6. The van der Waals surface area contributed by atoms with E-state index in [-0.39, 0.29) is 19.9 Å². The van der Waals surface area contributed by atoms with Crippen LogP contribution < -0.4 is 14.2 Å². The van der Waals surface area contributed by atoms with E-state index in [4.69, 9.17) is 14.2 Å². The van der Waals surface area contributed by atoms with Crippen LogP contribution in [0, 0.1) is 0 Å². The van der Waals surface area contributed by atoms with Gasteiger partial charge in [0.05, 0.1) is 6.54 Å². The molecule has 0 unspecified atom stereocenters. The van der Waals surface area contributed by atoms with Gasteiger partial charge in [-0.25, -0.2) is 0 Å². The zero-order chi connectivity index (χ0) is 17.1. The van der Waals surface area contributed by atoms with E-state index in [1.54, 1.807) is 18.2 Å². The second-order valence-electron chi connectivity index (χ2n) is 5.51. The molecule has 4 rings (SSSR count). The lowest BCUT2D eigenvalue weighted by molar-refractivity contribution is 0.0848. The molecule has 0 bridgehead atoms. The molecule has 128 valence electrons. The van der Waals surface area contributed by atoms with Gasteiger partial charge in [0.1, 0.15) is 18.5 Å². The largest absolute Gasteiger partial charge is 0.491 e. The van der Waals surface area contributed by atoms with Crippen LogP contribution in [0.2, 0.25) is 0 Å². The van der Waals surface area contributed by atoms with Gasteiger partial charge in [-0.15, -0.1) is 10.2 Å². The maximum Gasteiger partial charge on any atom is 0.231 e. The maximum atomic E-state index is 10.1. The predicted molar refractivity (Wildman–Crippen MR) is 87.3 cm³/mol. The van der Waals surface area contributed by atoms with E-state index in [1.165, 1.54) is 4.80 Å². The minimum atomic E-state index is -0.775. The molecule has 25 heavy (non-hydrogen) atoms. The number of benzene rings is 2. The minimum Gasteiger partial charge on any atom is -0.491 e. The van der Waals surface area contributed by atoms with E-state index in [9.17, 15) is 5.11 Å². The summed E-state index contributed by atoms with van der Waals surface area (Å²) in [6.45, 7) is 0.495. The lowest BCUT2D eigenvalue weighted by Gasteiger charge is -2.11. The maximum absolute atomic E-state index is 10.1. The van der Waals surface area contributed by atoms with Crippen LogP contribution in [0.4, 0.5) is 0 Å². The Morgan fingerprint density at radius 2 is 1.96 bits per heavy atom. The summed E-state index contributed by atoms with van der Waals surface area (Å²) < 4.78 is 16.1. The first-order valence-electron chi connectivity index (χ1n) is 7.82. The quantitative estimate of drug-likeness (QED) is 0.727.